The van der Waals surface area contributed by atoms with E-state index >= 15 is 0 Å². The Morgan fingerprint density at radius 3 is 2.75 bits per heavy atom. The SMILES string of the molecule is CC(NCc1cncnc1)c1ccccn1. The molecule has 0 saturated heterocycles. The number of aromatic nitrogens is 3. The van der Waals surface area contributed by atoms with Crippen molar-refractivity contribution in [2.45, 2.75) is 19.5 Å². The van der Waals surface area contributed by atoms with Gasteiger partial charge in [-0.2, -0.15) is 0 Å². The van der Waals surface area contributed by atoms with Gasteiger partial charge in [0.25, 0.3) is 0 Å². The van der Waals surface area contributed by atoms with Crippen molar-refractivity contribution >= 4 is 0 Å². The quantitative estimate of drug-likeness (QED) is 0.842. The van der Waals surface area contributed by atoms with E-state index < -0.39 is 0 Å². The van der Waals surface area contributed by atoms with Crippen LogP contribution >= 0.6 is 0 Å². The van der Waals surface area contributed by atoms with Gasteiger partial charge in [-0.25, -0.2) is 9.97 Å². The van der Waals surface area contributed by atoms with Crippen LogP contribution in [0, 0.1) is 0 Å². The highest BCUT2D eigenvalue weighted by Crippen LogP contribution is 2.08. The summed E-state index contributed by atoms with van der Waals surface area (Å²) in [4.78, 5) is 12.2. The lowest BCUT2D eigenvalue weighted by Gasteiger charge is -2.12. The van der Waals surface area contributed by atoms with E-state index in [4.69, 9.17) is 0 Å². The molecule has 0 bridgehead atoms. The van der Waals surface area contributed by atoms with Crippen molar-refractivity contribution in [1.29, 1.82) is 0 Å². The van der Waals surface area contributed by atoms with E-state index in [1.807, 2.05) is 30.6 Å². The number of hydrogen-bond acceptors (Lipinski definition) is 4. The minimum Gasteiger partial charge on any atom is -0.305 e. The average molecular weight is 214 g/mol. The molecule has 0 amide bonds. The van der Waals surface area contributed by atoms with Crippen molar-refractivity contribution < 1.29 is 0 Å². The molecule has 82 valence electrons. The molecule has 4 heteroatoms. The number of nitrogens with one attached hydrogen (secondary N) is 1. The molecule has 0 aliphatic heterocycles. The first-order valence-corrected chi connectivity index (χ1v) is 5.24. The number of pyridine rings is 1. The largest absolute Gasteiger partial charge is 0.305 e. The Morgan fingerprint density at radius 1 is 1.25 bits per heavy atom. The first-order valence-electron chi connectivity index (χ1n) is 5.24. The molecule has 0 fully saturated rings. The second kappa shape index (κ2) is 5.32. The summed E-state index contributed by atoms with van der Waals surface area (Å²) in [5, 5.41) is 3.37. The molecule has 0 aliphatic rings. The van der Waals surface area contributed by atoms with Crippen molar-refractivity contribution in [2.75, 3.05) is 0 Å². The molecule has 16 heavy (non-hydrogen) atoms. The normalized spacial score (nSPS) is 12.3. The van der Waals surface area contributed by atoms with Gasteiger partial charge in [0.05, 0.1) is 5.69 Å². The molecule has 2 aromatic rings. The zero-order valence-corrected chi connectivity index (χ0v) is 9.17. The third-order valence-electron chi connectivity index (χ3n) is 2.36. The first-order chi connectivity index (χ1) is 7.86. The Labute approximate surface area is 94.8 Å². The van der Waals surface area contributed by atoms with Gasteiger partial charge in [0.2, 0.25) is 0 Å². The number of hydrogen-bond donors (Lipinski definition) is 1. The second-order valence-electron chi connectivity index (χ2n) is 3.60. The second-order valence-corrected chi connectivity index (χ2v) is 3.60. The van der Waals surface area contributed by atoms with Gasteiger partial charge < -0.3 is 5.32 Å². The molecular weight excluding hydrogens is 200 g/mol. The fourth-order valence-corrected chi connectivity index (χ4v) is 1.43. The summed E-state index contributed by atoms with van der Waals surface area (Å²) >= 11 is 0. The average Bonchev–Trinajstić information content (AvgIpc) is 2.38. The molecule has 1 N–H and O–H groups in total. The van der Waals surface area contributed by atoms with Crippen LogP contribution in [0.4, 0.5) is 0 Å². The van der Waals surface area contributed by atoms with E-state index in [2.05, 4.69) is 27.2 Å². The number of nitrogens with zero attached hydrogens (tertiary/aromatic N) is 3. The maximum absolute atomic E-state index is 4.30. The summed E-state index contributed by atoms with van der Waals surface area (Å²) in [7, 11) is 0. The fourth-order valence-electron chi connectivity index (χ4n) is 1.43. The van der Waals surface area contributed by atoms with E-state index in [-0.39, 0.29) is 6.04 Å². The minimum atomic E-state index is 0.224. The maximum Gasteiger partial charge on any atom is 0.115 e. The molecule has 0 aromatic carbocycles. The van der Waals surface area contributed by atoms with Gasteiger partial charge in [-0.15, -0.1) is 0 Å². The van der Waals surface area contributed by atoms with E-state index in [0.29, 0.717) is 0 Å². The molecule has 0 saturated carbocycles. The molecule has 1 unspecified atom stereocenters. The van der Waals surface area contributed by atoms with Crippen molar-refractivity contribution in [2.24, 2.45) is 0 Å². The highest BCUT2D eigenvalue weighted by atomic mass is 14.9. The monoisotopic (exact) mass is 214 g/mol. The van der Waals surface area contributed by atoms with Crippen LogP contribution in [0.5, 0.6) is 0 Å². The third kappa shape index (κ3) is 2.84. The lowest BCUT2D eigenvalue weighted by atomic mass is 10.2. The van der Waals surface area contributed by atoms with E-state index in [9.17, 15) is 0 Å². The molecule has 4 nitrogen and oxygen atoms in total. The zero-order valence-electron chi connectivity index (χ0n) is 9.17. The van der Waals surface area contributed by atoms with E-state index in [1.54, 1.807) is 6.20 Å². The van der Waals surface area contributed by atoms with E-state index in [1.165, 1.54) is 6.33 Å². The van der Waals surface area contributed by atoms with Crippen molar-refractivity contribution in [3.05, 3.63) is 54.4 Å². The van der Waals surface area contributed by atoms with Crippen molar-refractivity contribution in [3.8, 4) is 0 Å². The summed E-state index contributed by atoms with van der Waals surface area (Å²) in [5.74, 6) is 0. The Bertz CT molecular complexity index is 416. The summed E-state index contributed by atoms with van der Waals surface area (Å²) in [6.45, 7) is 2.84. The van der Waals surface area contributed by atoms with Gasteiger partial charge in [0, 0.05) is 36.7 Å². The van der Waals surface area contributed by atoms with Crippen molar-refractivity contribution in [1.82, 2.24) is 20.3 Å². The van der Waals surface area contributed by atoms with Gasteiger partial charge in [0.1, 0.15) is 6.33 Å². The molecule has 0 radical (unpaired) electrons. The van der Waals surface area contributed by atoms with Crippen LogP contribution < -0.4 is 5.32 Å². The maximum atomic E-state index is 4.30. The van der Waals surface area contributed by atoms with Crippen LogP contribution in [0.1, 0.15) is 24.2 Å². The number of rotatable bonds is 4. The first kappa shape index (κ1) is 10.7. The van der Waals surface area contributed by atoms with Gasteiger partial charge in [-0.05, 0) is 19.1 Å². The van der Waals surface area contributed by atoms with Crippen LogP contribution in [0.3, 0.4) is 0 Å². The van der Waals surface area contributed by atoms with Gasteiger partial charge in [0.15, 0.2) is 0 Å². The Morgan fingerprint density at radius 2 is 2.06 bits per heavy atom. The molecule has 2 heterocycles. The van der Waals surface area contributed by atoms with Crippen LogP contribution in [0.25, 0.3) is 0 Å². The van der Waals surface area contributed by atoms with E-state index in [0.717, 1.165) is 17.8 Å². The van der Waals surface area contributed by atoms with Crippen LogP contribution in [-0.4, -0.2) is 15.0 Å². The molecule has 2 aromatic heterocycles. The Hall–Kier alpha value is -1.81. The van der Waals surface area contributed by atoms with Gasteiger partial charge in [-0.3, -0.25) is 4.98 Å². The predicted molar refractivity (Wildman–Crippen MR) is 61.5 cm³/mol. The summed E-state index contributed by atoms with van der Waals surface area (Å²) < 4.78 is 0. The molecule has 0 spiro atoms. The minimum absolute atomic E-state index is 0.224. The standard InChI is InChI=1S/C12H14N4/c1-10(12-4-2-3-5-15-12)16-8-11-6-13-9-14-7-11/h2-7,9-10,16H,8H2,1H3. The van der Waals surface area contributed by atoms with Crippen LogP contribution in [-0.2, 0) is 6.54 Å². The lowest BCUT2D eigenvalue weighted by molar-refractivity contribution is 0.560. The Kier molecular flexibility index (Phi) is 3.56. The van der Waals surface area contributed by atoms with Crippen molar-refractivity contribution in [3.63, 3.8) is 0 Å². The Balaban J connectivity index is 1.92. The zero-order chi connectivity index (χ0) is 11.2. The highest BCUT2D eigenvalue weighted by molar-refractivity contribution is 5.09. The molecule has 1 atom stereocenters. The predicted octanol–water partition coefficient (Wildman–Crippen LogP) is 1.72. The van der Waals surface area contributed by atoms with Crippen LogP contribution in [0.2, 0.25) is 0 Å². The van der Waals surface area contributed by atoms with Crippen LogP contribution in [0.15, 0.2) is 43.1 Å². The molecule has 2 rings (SSSR count). The summed E-state index contributed by atoms with van der Waals surface area (Å²) in [6.07, 6.45) is 6.96. The summed E-state index contributed by atoms with van der Waals surface area (Å²) in [6, 6.07) is 6.15. The molecule has 0 aliphatic carbocycles. The smallest absolute Gasteiger partial charge is 0.115 e. The van der Waals surface area contributed by atoms with Gasteiger partial charge in [-0.1, -0.05) is 6.07 Å². The lowest BCUT2D eigenvalue weighted by Crippen LogP contribution is -2.19. The van der Waals surface area contributed by atoms with Gasteiger partial charge >= 0.3 is 0 Å². The molecular formula is C12H14N4. The summed E-state index contributed by atoms with van der Waals surface area (Å²) in [5.41, 5.74) is 2.12. The topological polar surface area (TPSA) is 50.7 Å². The highest BCUT2D eigenvalue weighted by Gasteiger charge is 2.04. The third-order valence-corrected chi connectivity index (χ3v) is 2.36. The fraction of sp³-hybridized carbons (Fsp3) is 0.250.